The Hall–Kier alpha value is -1.40. The van der Waals surface area contributed by atoms with Crippen molar-refractivity contribution in [1.29, 1.82) is 0 Å². The fourth-order valence-corrected chi connectivity index (χ4v) is 1.91. The Bertz CT molecular complexity index is 377. The molecule has 0 fully saturated rings. The Labute approximate surface area is 115 Å². The lowest BCUT2D eigenvalue weighted by atomic mass is 10.4. The van der Waals surface area contributed by atoms with Gasteiger partial charge in [-0.05, 0) is 19.5 Å². The number of aromatic nitrogens is 2. The SMILES string of the molecule is CCCN(CC)CCNC(=O)c1cn(CCN)cn1. The third-order valence-corrected chi connectivity index (χ3v) is 2.95. The van der Waals surface area contributed by atoms with Gasteiger partial charge in [0.05, 0.1) is 6.33 Å². The number of hydrogen-bond acceptors (Lipinski definition) is 4. The largest absolute Gasteiger partial charge is 0.349 e. The van der Waals surface area contributed by atoms with Crippen LogP contribution in [0.2, 0.25) is 0 Å². The zero-order valence-corrected chi connectivity index (χ0v) is 11.9. The zero-order chi connectivity index (χ0) is 14.1. The Kier molecular flexibility index (Phi) is 7.14. The highest BCUT2D eigenvalue weighted by Crippen LogP contribution is 1.96. The van der Waals surface area contributed by atoms with Crippen LogP contribution >= 0.6 is 0 Å². The van der Waals surface area contributed by atoms with Gasteiger partial charge in [0.1, 0.15) is 5.69 Å². The van der Waals surface area contributed by atoms with Crippen LogP contribution in [-0.4, -0.2) is 53.1 Å². The molecule has 0 radical (unpaired) electrons. The summed E-state index contributed by atoms with van der Waals surface area (Å²) >= 11 is 0. The van der Waals surface area contributed by atoms with Crippen LogP contribution < -0.4 is 11.1 Å². The maximum atomic E-state index is 11.9. The predicted molar refractivity (Wildman–Crippen MR) is 76.0 cm³/mol. The van der Waals surface area contributed by atoms with E-state index in [1.165, 1.54) is 0 Å². The van der Waals surface area contributed by atoms with Crippen LogP contribution in [0.25, 0.3) is 0 Å². The number of likely N-dealkylation sites (N-methyl/N-ethyl adjacent to an activating group) is 1. The monoisotopic (exact) mass is 267 g/mol. The molecule has 108 valence electrons. The first-order valence-electron chi connectivity index (χ1n) is 6.93. The minimum atomic E-state index is -0.122. The van der Waals surface area contributed by atoms with E-state index in [9.17, 15) is 4.79 Å². The summed E-state index contributed by atoms with van der Waals surface area (Å²) in [6.07, 6.45) is 4.49. The van der Waals surface area contributed by atoms with E-state index in [1.54, 1.807) is 12.5 Å². The first-order valence-corrected chi connectivity index (χ1v) is 6.93. The van der Waals surface area contributed by atoms with Gasteiger partial charge in [0.25, 0.3) is 5.91 Å². The van der Waals surface area contributed by atoms with E-state index in [4.69, 9.17) is 5.73 Å². The lowest BCUT2D eigenvalue weighted by Gasteiger charge is -2.19. The van der Waals surface area contributed by atoms with Crippen molar-refractivity contribution >= 4 is 5.91 Å². The average molecular weight is 267 g/mol. The average Bonchev–Trinajstić information content (AvgIpc) is 2.86. The molecule has 6 heteroatoms. The van der Waals surface area contributed by atoms with Crippen LogP contribution in [0, 0.1) is 0 Å². The molecular weight excluding hydrogens is 242 g/mol. The molecular formula is C13H25N5O. The highest BCUT2D eigenvalue weighted by Gasteiger charge is 2.09. The minimum absolute atomic E-state index is 0.122. The van der Waals surface area contributed by atoms with Gasteiger partial charge in [-0.15, -0.1) is 0 Å². The van der Waals surface area contributed by atoms with E-state index in [-0.39, 0.29) is 5.91 Å². The van der Waals surface area contributed by atoms with Crippen LogP contribution in [0.4, 0.5) is 0 Å². The van der Waals surface area contributed by atoms with Gasteiger partial charge in [-0.25, -0.2) is 4.98 Å². The zero-order valence-electron chi connectivity index (χ0n) is 11.9. The third kappa shape index (κ3) is 5.40. The van der Waals surface area contributed by atoms with E-state index in [1.807, 2.05) is 4.57 Å². The number of carbonyl (C=O) groups excluding carboxylic acids is 1. The molecule has 1 amide bonds. The summed E-state index contributed by atoms with van der Waals surface area (Å²) in [5, 5.41) is 2.89. The molecule has 3 N–H and O–H groups in total. The quantitative estimate of drug-likeness (QED) is 0.675. The topological polar surface area (TPSA) is 76.2 Å². The molecule has 0 spiro atoms. The first kappa shape index (κ1) is 15.7. The van der Waals surface area contributed by atoms with Gasteiger partial charge < -0.3 is 20.5 Å². The normalized spacial score (nSPS) is 10.9. The molecule has 0 unspecified atom stereocenters. The van der Waals surface area contributed by atoms with Crippen LogP contribution in [0.3, 0.4) is 0 Å². The van der Waals surface area contributed by atoms with Crippen LogP contribution in [0.15, 0.2) is 12.5 Å². The summed E-state index contributed by atoms with van der Waals surface area (Å²) in [5.41, 5.74) is 5.90. The van der Waals surface area contributed by atoms with Crippen molar-refractivity contribution in [3.8, 4) is 0 Å². The van der Waals surface area contributed by atoms with Gasteiger partial charge in [0.15, 0.2) is 0 Å². The van der Waals surface area contributed by atoms with Gasteiger partial charge in [-0.2, -0.15) is 0 Å². The number of hydrogen-bond donors (Lipinski definition) is 2. The number of nitrogens with one attached hydrogen (secondary N) is 1. The molecule has 1 aromatic heterocycles. The van der Waals surface area contributed by atoms with Crippen molar-refractivity contribution in [2.45, 2.75) is 26.8 Å². The molecule has 0 aliphatic heterocycles. The molecule has 0 aromatic carbocycles. The summed E-state index contributed by atoms with van der Waals surface area (Å²) in [7, 11) is 0. The van der Waals surface area contributed by atoms with Crippen LogP contribution in [-0.2, 0) is 6.54 Å². The molecule has 0 atom stereocenters. The number of imidazole rings is 1. The van der Waals surface area contributed by atoms with Crippen molar-refractivity contribution in [3.05, 3.63) is 18.2 Å². The summed E-state index contributed by atoms with van der Waals surface area (Å²) in [4.78, 5) is 18.2. The van der Waals surface area contributed by atoms with E-state index in [0.29, 0.717) is 25.3 Å². The molecule has 1 aromatic rings. The molecule has 1 rings (SSSR count). The summed E-state index contributed by atoms with van der Waals surface area (Å²) in [6.45, 7) is 9.11. The second kappa shape index (κ2) is 8.66. The third-order valence-electron chi connectivity index (χ3n) is 2.95. The van der Waals surface area contributed by atoms with Crippen molar-refractivity contribution in [3.63, 3.8) is 0 Å². The number of nitrogens with zero attached hydrogens (tertiary/aromatic N) is 3. The maximum absolute atomic E-state index is 11.9. The maximum Gasteiger partial charge on any atom is 0.271 e. The highest BCUT2D eigenvalue weighted by molar-refractivity contribution is 5.91. The molecule has 19 heavy (non-hydrogen) atoms. The lowest BCUT2D eigenvalue weighted by Crippen LogP contribution is -2.35. The number of carbonyl (C=O) groups is 1. The van der Waals surface area contributed by atoms with E-state index in [2.05, 4.69) is 29.0 Å². The van der Waals surface area contributed by atoms with Gasteiger partial charge in [-0.1, -0.05) is 13.8 Å². The molecule has 1 heterocycles. The molecule has 6 nitrogen and oxygen atoms in total. The number of nitrogens with two attached hydrogens (primary N) is 1. The molecule has 0 aliphatic carbocycles. The summed E-state index contributed by atoms with van der Waals surface area (Å²) in [6, 6.07) is 0. The molecule has 0 saturated heterocycles. The van der Waals surface area contributed by atoms with Crippen molar-refractivity contribution in [2.75, 3.05) is 32.7 Å². The molecule has 0 aliphatic rings. The molecule has 0 saturated carbocycles. The second-order valence-electron chi connectivity index (χ2n) is 4.48. The van der Waals surface area contributed by atoms with Crippen LogP contribution in [0.5, 0.6) is 0 Å². The van der Waals surface area contributed by atoms with Gasteiger partial charge >= 0.3 is 0 Å². The fourth-order valence-electron chi connectivity index (χ4n) is 1.91. The Morgan fingerprint density at radius 2 is 2.26 bits per heavy atom. The second-order valence-corrected chi connectivity index (χ2v) is 4.48. The number of amides is 1. The Morgan fingerprint density at radius 3 is 2.89 bits per heavy atom. The van der Waals surface area contributed by atoms with E-state index < -0.39 is 0 Å². The Balaban J connectivity index is 2.33. The smallest absolute Gasteiger partial charge is 0.271 e. The lowest BCUT2D eigenvalue weighted by molar-refractivity contribution is 0.0944. The van der Waals surface area contributed by atoms with Crippen molar-refractivity contribution in [1.82, 2.24) is 19.8 Å². The first-order chi connectivity index (χ1) is 9.21. The number of rotatable bonds is 9. The van der Waals surface area contributed by atoms with Crippen molar-refractivity contribution < 1.29 is 4.79 Å². The van der Waals surface area contributed by atoms with E-state index in [0.717, 1.165) is 26.1 Å². The fraction of sp³-hybridized carbons (Fsp3) is 0.692. The molecule has 0 bridgehead atoms. The van der Waals surface area contributed by atoms with Crippen LogP contribution in [0.1, 0.15) is 30.8 Å². The van der Waals surface area contributed by atoms with Gasteiger partial charge in [0.2, 0.25) is 0 Å². The predicted octanol–water partition coefficient (Wildman–Crippen LogP) is 0.304. The summed E-state index contributed by atoms with van der Waals surface area (Å²) in [5.74, 6) is -0.122. The van der Waals surface area contributed by atoms with Gasteiger partial charge in [-0.3, -0.25) is 4.79 Å². The minimum Gasteiger partial charge on any atom is -0.349 e. The summed E-state index contributed by atoms with van der Waals surface area (Å²) < 4.78 is 1.82. The Morgan fingerprint density at radius 1 is 1.47 bits per heavy atom. The standard InChI is InChI=1S/C13H25N5O/c1-3-7-17(4-2)9-6-15-13(19)12-10-18(8-5-14)11-16-12/h10-11H,3-9,14H2,1-2H3,(H,15,19). The van der Waals surface area contributed by atoms with Gasteiger partial charge in [0, 0.05) is 32.4 Å². The van der Waals surface area contributed by atoms with E-state index >= 15 is 0 Å². The van der Waals surface area contributed by atoms with Crippen molar-refractivity contribution in [2.24, 2.45) is 5.73 Å². The highest BCUT2D eigenvalue weighted by atomic mass is 16.1.